The number of hydrogen-bond acceptors (Lipinski definition) is 3. The standard InChI is InChI=1S/C12H15N.CH4N2O/c1-3-10-11(9-7-8-9)5-4-6-12(10)13-2;2-3-1-4/h3-6,9,13H,1,7-8H2,2H3;1H,2H2,(H,3,4). The van der Waals surface area contributed by atoms with Crippen LogP contribution in [0.5, 0.6) is 0 Å². The Balaban J connectivity index is 0.000000317. The molecule has 1 fully saturated rings. The predicted molar refractivity (Wildman–Crippen MR) is 71.4 cm³/mol. The second-order valence-electron chi connectivity index (χ2n) is 3.82. The van der Waals surface area contributed by atoms with Crippen LogP contribution in [0.3, 0.4) is 0 Å². The Kier molecular flexibility index (Phi) is 5.23. The van der Waals surface area contributed by atoms with Crippen LogP contribution < -0.4 is 16.6 Å². The Labute approximate surface area is 102 Å². The van der Waals surface area contributed by atoms with Crippen molar-refractivity contribution >= 4 is 18.2 Å². The second kappa shape index (κ2) is 6.70. The molecule has 1 aliphatic rings. The highest BCUT2D eigenvalue weighted by Gasteiger charge is 2.25. The number of anilines is 1. The van der Waals surface area contributed by atoms with Gasteiger partial charge < -0.3 is 5.32 Å². The lowest BCUT2D eigenvalue weighted by Gasteiger charge is -2.10. The summed E-state index contributed by atoms with van der Waals surface area (Å²) >= 11 is 0. The molecule has 0 spiro atoms. The van der Waals surface area contributed by atoms with E-state index in [1.165, 1.54) is 29.7 Å². The fraction of sp³-hybridized carbons (Fsp3) is 0.308. The summed E-state index contributed by atoms with van der Waals surface area (Å²) < 4.78 is 0. The van der Waals surface area contributed by atoms with Crippen LogP contribution in [0.1, 0.15) is 29.9 Å². The van der Waals surface area contributed by atoms with E-state index in [1.54, 1.807) is 5.43 Å². The molecule has 0 aliphatic heterocycles. The summed E-state index contributed by atoms with van der Waals surface area (Å²) in [7, 11) is 1.96. The average Bonchev–Trinajstić information content (AvgIpc) is 3.22. The van der Waals surface area contributed by atoms with Crippen molar-refractivity contribution in [1.29, 1.82) is 0 Å². The number of hydrogen-bond donors (Lipinski definition) is 3. The zero-order valence-electron chi connectivity index (χ0n) is 10.1. The lowest BCUT2D eigenvalue weighted by molar-refractivity contribution is -0.109. The number of benzene rings is 1. The van der Waals surface area contributed by atoms with Crippen LogP contribution in [-0.4, -0.2) is 13.5 Å². The topological polar surface area (TPSA) is 67.2 Å². The average molecular weight is 233 g/mol. The Morgan fingerprint density at radius 3 is 2.53 bits per heavy atom. The van der Waals surface area contributed by atoms with Crippen molar-refractivity contribution in [2.45, 2.75) is 18.8 Å². The quantitative estimate of drug-likeness (QED) is 0.322. The molecule has 1 aromatic carbocycles. The van der Waals surface area contributed by atoms with Gasteiger partial charge in [0.15, 0.2) is 0 Å². The van der Waals surface area contributed by atoms with Gasteiger partial charge in [-0.25, -0.2) is 5.84 Å². The van der Waals surface area contributed by atoms with E-state index in [4.69, 9.17) is 4.79 Å². The Bertz CT molecular complexity index is 386. The van der Waals surface area contributed by atoms with E-state index in [-0.39, 0.29) is 0 Å². The van der Waals surface area contributed by atoms with Crippen molar-refractivity contribution in [2.75, 3.05) is 12.4 Å². The molecule has 1 amide bonds. The maximum absolute atomic E-state index is 8.94. The molecule has 0 unspecified atom stereocenters. The summed E-state index contributed by atoms with van der Waals surface area (Å²) in [6, 6.07) is 6.44. The molecule has 0 radical (unpaired) electrons. The number of carbonyl (C=O) groups excluding carboxylic acids is 1. The Hall–Kier alpha value is -1.81. The number of nitrogens with one attached hydrogen (secondary N) is 2. The smallest absolute Gasteiger partial charge is 0.221 e. The molecule has 0 bridgehead atoms. The third-order valence-corrected chi connectivity index (χ3v) is 2.70. The fourth-order valence-corrected chi connectivity index (χ4v) is 1.78. The first-order valence-electron chi connectivity index (χ1n) is 5.61. The first-order valence-corrected chi connectivity index (χ1v) is 5.61. The van der Waals surface area contributed by atoms with Crippen LogP contribution >= 0.6 is 0 Å². The second-order valence-corrected chi connectivity index (χ2v) is 3.82. The summed E-state index contributed by atoms with van der Waals surface area (Å²) in [6.07, 6.45) is 5.04. The van der Waals surface area contributed by atoms with Crippen LogP contribution in [0.4, 0.5) is 5.69 Å². The van der Waals surface area contributed by atoms with Gasteiger partial charge in [0.2, 0.25) is 6.41 Å². The number of nitrogens with two attached hydrogens (primary N) is 1. The highest BCUT2D eigenvalue weighted by Crippen LogP contribution is 2.43. The molecule has 4 N–H and O–H groups in total. The molecule has 0 atom stereocenters. The molecule has 92 valence electrons. The molecule has 0 aromatic heterocycles. The zero-order valence-corrected chi connectivity index (χ0v) is 10.1. The van der Waals surface area contributed by atoms with Gasteiger partial charge in [-0.1, -0.05) is 24.8 Å². The van der Waals surface area contributed by atoms with Crippen LogP contribution in [0.2, 0.25) is 0 Å². The van der Waals surface area contributed by atoms with Gasteiger partial charge in [-0.15, -0.1) is 0 Å². The first-order chi connectivity index (χ1) is 8.28. The maximum Gasteiger partial charge on any atom is 0.221 e. The van der Waals surface area contributed by atoms with E-state index < -0.39 is 0 Å². The highest BCUT2D eigenvalue weighted by molar-refractivity contribution is 5.69. The van der Waals surface area contributed by atoms with E-state index in [9.17, 15) is 0 Å². The third-order valence-electron chi connectivity index (χ3n) is 2.70. The number of amides is 1. The number of hydrazine groups is 1. The molecule has 2 rings (SSSR count). The number of rotatable bonds is 4. The fourth-order valence-electron chi connectivity index (χ4n) is 1.78. The molecule has 17 heavy (non-hydrogen) atoms. The van der Waals surface area contributed by atoms with E-state index in [0.717, 1.165) is 5.92 Å². The minimum absolute atomic E-state index is 0.403. The van der Waals surface area contributed by atoms with Gasteiger partial charge in [0.25, 0.3) is 0 Å². The van der Waals surface area contributed by atoms with Gasteiger partial charge in [-0.3, -0.25) is 10.2 Å². The lowest BCUT2D eigenvalue weighted by atomic mass is 10.0. The monoisotopic (exact) mass is 233 g/mol. The summed E-state index contributed by atoms with van der Waals surface area (Å²) in [6.45, 7) is 3.87. The van der Waals surface area contributed by atoms with Gasteiger partial charge in [-0.05, 0) is 30.4 Å². The predicted octanol–water partition coefficient (Wildman–Crippen LogP) is 1.85. The summed E-state index contributed by atoms with van der Waals surface area (Å²) in [5.74, 6) is 5.20. The largest absolute Gasteiger partial charge is 0.388 e. The van der Waals surface area contributed by atoms with Crippen molar-refractivity contribution in [3.8, 4) is 0 Å². The summed E-state index contributed by atoms with van der Waals surface area (Å²) in [4.78, 5) is 8.94. The normalized spacial score (nSPS) is 13.1. The van der Waals surface area contributed by atoms with Crippen molar-refractivity contribution < 1.29 is 4.79 Å². The van der Waals surface area contributed by atoms with E-state index in [0.29, 0.717) is 6.41 Å². The van der Waals surface area contributed by atoms with Crippen LogP contribution in [-0.2, 0) is 4.79 Å². The summed E-state index contributed by atoms with van der Waals surface area (Å²) in [5.41, 5.74) is 5.69. The molecule has 1 saturated carbocycles. The molecule has 1 aliphatic carbocycles. The van der Waals surface area contributed by atoms with Crippen molar-refractivity contribution in [1.82, 2.24) is 5.43 Å². The molecule has 1 aromatic rings. The number of carbonyl (C=O) groups is 1. The summed E-state index contributed by atoms with van der Waals surface area (Å²) in [5, 5.41) is 3.20. The molecule has 0 saturated heterocycles. The van der Waals surface area contributed by atoms with Gasteiger partial charge in [0.1, 0.15) is 0 Å². The van der Waals surface area contributed by atoms with Gasteiger partial charge in [-0.2, -0.15) is 0 Å². The van der Waals surface area contributed by atoms with Crippen molar-refractivity contribution in [3.05, 3.63) is 35.9 Å². The van der Waals surface area contributed by atoms with Crippen molar-refractivity contribution in [2.24, 2.45) is 5.84 Å². The lowest BCUT2D eigenvalue weighted by Crippen LogP contribution is -2.18. The van der Waals surface area contributed by atoms with E-state index >= 15 is 0 Å². The highest BCUT2D eigenvalue weighted by atomic mass is 16.1. The zero-order chi connectivity index (χ0) is 12.7. The minimum atomic E-state index is 0.403. The van der Waals surface area contributed by atoms with Crippen LogP contribution in [0.25, 0.3) is 6.08 Å². The Morgan fingerprint density at radius 1 is 1.47 bits per heavy atom. The molecule has 0 heterocycles. The SMILES string of the molecule is C=Cc1c(NC)cccc1C1CC1.NNC=O. The Morgan fingerprint density at radius 2 is 2.12 bits per heavy atom. The van der Waals surface area contributed by atoms with Crippen LogP contribution in [0, 0.1) is 0 Å². The minimum Gasteiger partial charge on any atom is -0.388 e. The molecular weight excluding hydrogens is 214 g/mol. The molecule has 4 nitrogen and oxygen atoms in total. The van der Waals surface area contributed by atoms with Gasteiger partial charge in [0, 0.05) is 18.3 Å². The van der Waals surface area contributed by atoms with Crippen molar-refractivity contribution in [3.63, 3.8) is 0 Å². The third kappa shape index (κ3) is 3.60. The molecular formula is C13H19N3O. The van der Waals surface area contributed by atoms with Gasteiger partial charge >= 0.3 is 0 Å². The van der Waals surface area contributed by atoms with Crippen LogP contribution in [0.15, 0.2) is 24.8 Å². The molecule has 4 heteroatoms. The van der Waals surface area contributed by atoms with E-state index in [1.807, 2.05) is 13.1 Å². The van der Waals surface area contributed by atoms with Gasteiger partial charge in [0.05, 0.1) is 0 Å². The maximum atomic E-state index is 8.94. The first kappa shape index (κ1) is 13.3. The van der Waals surface area contributed by atoms with E-state index in [2.05, 4.69) is 35.9 Å².